The topological polar surface area (TPSA) is 72.8 Å². The summed E-state index contributed by atoms with van der Waals surface area (Å²) in [6, 6.07) is 0. The Bertz CT molecular complexity index is 869. The Kier molecular flexibility index (Phi) is 10.1. The molecule has 234 valence electrons. The molecule has 0 amide bonds. The van der Waals surface area contributed by atoms with E-state index in [-0.39, 0.29) is 40.2 Å². The Morgan fingerprint density at radius 3 is 1.76 bits per heavy atom. The van der Waals surface area contributed by atoms with Gasteiger partial charge in [-0.15, -0.1) is 0 Å². The van der Waals surface area contributed by atoms with Gasteiger partial charge in [0.1, 0.15) is 0 Å². The highest BCUT2D eigenvalue weighted by atomic mass is 16.5. The van der Waals surface area contributed by atoms with E-state index in [0.29, 0.717) is 37.9 Å². The minimum atomic E-state index is -0.110. The van der Waals surface area contributed by atoms with E-state index in [1.54, 1.807) is 0 Å². The molecule has 6 bridgehead atoms. The zero-order valence-electron chi connectivity index (χ0n) is 26.5. The van der Waals surface area contributed by atoms with Crippen LogP contribution in [0.15, 0.2) is 0 Å². The molecule has 5 nitrogen and oxygen atoms in total. The van der Waals surface area contributed by atoms with Crippen molar-refractivity contribution < 1.29 is 24.2 Å². The van der Waals surface area contributed by atoms with Crippen LogP contribution in [0.25, 0.3) is 0 Å². The van der Waals surface area contributed by atoms with Crippen LogP contribution < -0.4 is 0 Å². The number of aliphatic hydroxyl groups excluding tert-OH is 1. The Morgan fingerprint density at radius 2 is 1.22 bits per heavy atom. The molecule has 7 aliphatic rings. The summed E-state index contributed by atoms with van der Waals surface area (Å²) < 4.78 is 12.3. The second kappa shape index (κ2) is 13.3. The van der Waals surface area contributed by atoms with Gasteiger partial charge in [0, 0.05) is 23.9 Å². The number of carbonyl (C=O) groups is 2. The van der Waals surface area contributed by atoms with E-state index in [4.69, 9.17) is 9.47 Å². The van der Waals surface area contributed by atoms with Crippen molar-refractivity contribution in [2.75, 3.05) is 19.8 Å². The van der Waals surface area contributed by atoms with Gasteiger partial charge in [-0.25, -0.2) is 0 Å². The van der Waals surface area contributed by atoms with Crippen LogP contribution in [0.3, 0.4) is 0 Å². The minimum Gasteiger partial charge on any atom is -0.465 e. The van der Waals surface area contributed by atoms with E-state index >= 15 is 0 Å². The summed E-state index contributed by atoms with van der Waals surface area (Å²) in [6.45, 7) is 5.61. The fraction of sp³-hybridized carbons (Fsp3) is 0.944. The molecule has 7 saturated carbocycles. The van der Waals surface area contributed by atoms with Gasteiger partial charge in [0.05, 0.1) is 19.6 Å². The van der Waals surface area contributed by atoms with Crippen LogP contribution in [-0.4, -0.2) is 36.9 Å². The van der Waals surface area contributed by atoms with Gasteiger partial charge in [-0.1, -0.05) is 52.4 Å². The minimum absolute atomic E-state index is 0.00295. The van der Waals surface area contributed by atoms with Crippen LogP contribution in [0, 0.1) is 39.4 Å². The van der Waals surface area contributed by atoms with Crippen LogP contribution in [-0.2, 0) is 19.1 Å². The summed E-state index contributed by atoms with van der Waals surface area (Å²) in [5.74, 6) is 1.83. The third-order valence-electron chi connectivity index (χ3n) is 12.5. The Morgan fingerprint density at radius 1 is 0.707 bits per heavy atom. The normalized spacial score (nSPS) is 37.1. The monoisotopic (exact) mass is 572 g/mol. The van der Waals surface area contributed by atoms with Crippen molar-refractivity contribution in [2.45, 2.75) is 155 Å². The molecule has 1 N–H and O–H groups in total. The fourth-order valence-electron chi connectivity index (χ4n) is 11.0. The Hall–Kier alpha value is -1.10. The summed E-state index contributed by atoms with van der Waals surface area (Å²) in [6.07, 6.45) is 24.2. The number of hydrogen-bond acceptors (Lipinski definition) is 5. The van der Waals surface area contributed by atoms with E-state index in [1.165, 1.54) is 77.0 Å². The largest absolute Gasteiger partial charge is 0.465 e. The Balaban J connectivity index is 1.17. The highest BCUT2D eigenvalue weighted by Crippen LogP contribution is 2.69. The quantitative estimate of drug-likeness (QED) is 0.140. The summed E-state index contributed by atoms with van der Waals surface area (Å²) in [7, 11) is 0. The number of ether oxygens (including phenoxy) is 2. The molecule has 0 heterocycles. The second-order valence-corrected chi connectivity index (χ2v) is 16.2. The molecule has 4 unspecified atom stereocenters. The number of hydrogen-bond donors (Lipinski definition) is 1. The van der Waals surface area contributed by atoms with Crippen LogP contribution >= 0.6 is 0 Å². The number of unbranched alkanes of at least 4 members (excludes halogenated alkanes) is 4. The van der Waals surface area contributed by atoms with Crippen molar-refractivity contribution in [2.24, 2.45) is 39.4 Å². The maximum Gasteiger partial charge on any atom is 0.306 e. The number of carbonyl (C=O) groups excluding carboxylic acids is 2. The third-order valence-corrected chi connectivity index (χ3v) is 12.5. The molecular weight excluding hydrogens is 512 g/mol. The highest BCUT2D eigenvalue weighted by molar-refractivity contribution is 5.70. The Labute approximate surface area is 250 Å². The van der Waals surface area contributed by atoms with E-state index in [9.17, 15) is 14.7 Å². The van der Waals surface area contributed by atoms with Gasteiger partial charge < -0.3 is 14.6 Å². The van der Waals surface area contributed by atoms with Gasteiger partial charge in [0.15, 0.2) is 0 Å². The van der Waals surface area contributed by atoms with Crippen molar-refractivity contribution in [1.82, 2.24) is 0 Å². The lowest BCUT2D eigenvalue weighted by molar-refractivity contribution is -0.209. The van der Waals surface area contributed by atoms with E-state index in [0.717, 1.165) is 57.3 Å². The number of fused-ring (bicyclic) bond motifs is 3. The molecule has 0 aromatic heterocycles. The zero-order chi connectivity index (χ0) is 29.0. The molecule has 5 heteroatoms. The predicted octanol–water partition coefficient (Wildman–Crippen LogP) is 8.55. The molecular formula is C36H60O5. The van der Waals surface area contributed by atoms with E-state index < -0.39 is 0 Å². The molecule has 7 fully saturated rings. The van der Waals surface area contributed by atoms with Crippen molar-refractivity contribution >= 4 is 11.9 Å². The molecule has 0 spiro atoms. The smallest absolute Gasteiger partial charge is 0.306 e. The summed E-state index contributed by atoms with van der Waals surface area (Å²) >= 11 is 0. The standard InChI is InChI=1S/C36H60O5/c1-3-5-7-9-29(10-8-6-4-2)17-31(38)40-26-35-19-30-18-34(22-35,25-37)23-36(20-30,24-35)27-41-32(39)21-33-14-11-28(12-15-33)13-16-33/h28-30,37H,3-27H2,1-2H3. The molecule has 41 heavy (non-hydrogen) atoms. The van der Waals surface area contributed by atoms with Crippen molar-refractivity contribution in [3.8, 4) is 0 Å². The molecule has 0 aromatic carbocycles. The predicted molar refractivity (Wildman–Crippen MR) is 162 cm³/mol. The van der Waals surface area contributed by atoms with Crippen LogP contribution in [0.5, 0.6) is 0 Å². The van der Waals surface area contributed by atoms with E-state index in [1.807, 2.05) is 0 Å². The first-order valence-electron chi connectivity index (χ1n) is 17.7. The first-order chi connectivity index (χ1) is 19.7. The lowest BCUT2D eigenvalue weighted by Gasteiger charge is -2.66. The third kappa shape index (κ3) is 7.52. The van der Waals surface area contributed by atoms with Crippen LogP contribution in [0.1, 0.15) is 155 Å². The maximum atomic E-state index is 13.2. The average Bonchev–Trinajstić information content (AvgIpc) is 2.95. The summed E-state index contributed by atoms with van der Waals surface area (Å²) in [4.78, 5) is 26.3. The molecule has 0 aromatic rings. The number of aliphatic hydroxyl groups is 1. The van der Waals surface area contributed by atoms with Gasteiger partial charge in [-0.05, 0) is 118 Å². The molecule has 4 atom stereocenters. The first kappa shape index (κ1) is 31.3. The van der Waals surface area contributed by atoms with Gasteiger partial charge in [-0.2, -0.15) is 0 Å². The van der Waals surface area contributed by atoms with Crippen molar-refractivity contribution in [1.29, 1.82) is 0 Å². The molecule has 0 radical (unpaired) electrons. The zero-order valence-corrected chi connectivity index (χ0v) is 26.5. The molecule has 0 aliphatic heterocycles. The number of esters is 2. The SMILES string of the molecule is CCCCCC(CCCCC)CC(=O)OCC12CC3CC(CO)(C1)CC(COC(=O)CC14CCC(CC1)CC4)(C3)C2. The fourth-order valence-corrected chi connectivity index (χ4v) is 11.0. The van der Waals surface area contributed by atoms with Gasteiger partial charge in [0.2, 0.25) is 0 Å². The lowest BCUT2D eigenvalue weighted by atomic mass is 9.40. The van der Waals surface area contributed by atoms with Gasteiger partial charge >= 0.3 is 11.9 Å². The van der Waals surface area contributed by atoms with E-state index in [2.05, 4.69) is 13.8 Å². The maximum absolute atomic E-state index is 13.2. The summed E-state index contributed by atoms with van der Waals surface area (Å²) in [5.41, 5.74) is -0.0684. The van der Waals surface area contributed by atoms with Crippen molar-refractivity contribution in [3.05, 3.63) is 0 Å². The lowest BCUT2D eigenvalue weighted by Crippen LogP contribution is -2.60. The van der Waals surface area contributed by atoms with Gasteiger partial charge in [0.25, 0.3) is 0 Å². The molecule has 0 saturated heterocycles. The van der Waals surface area contributed by atoms with Gasteiger partial charge in [-0.3, -0.25) is 9.59 Å². The average molecular weight is 573 g/mol. The summed E-state index contributed by atoms with van der Waals surface area (Å²) in [5, 5.41) is 10.6. The highest BCUT2D eigenvalue weighted by Gasteiger charge is 2.63. The van der Waals surface area contributed by atoms with Crippen LogP contribution in [0.4, 0.5) is 0 Å². The number of rotatable bonds is 17. The second-order valence-electron chi connectivity index (χ2n) is 16.2. The van der Waals surface area contributed by atoms with Crippen molar-refractivity contribution in [3.63, 3.8) is 0 Å². The first-order valence-corrected chi connectivity index (χ1v) is 17.7. The molecule has 7 aliphatic carbocycles. The molecule has 7 rings (SSSR count). The van der Waals surface area contributed by atoms with Crippen LogP contribution in [0.2, 0.25) is 0 Å².